The second-order valence-corrected chi connectivity index (χ2v) is 9.56. The number of hydrogen-bond donors (Lipinski definition) is 2. The number of benzene rings is 2. The lowest BCUT2D eigenvalue weighted by Crippen LogP contribution is -2.47. The first kappa shape index (κ1) is 25.7. The standard InChI is InChI=1S/C29H27FN6O3/c1-18-15-23(19(2)32-25-6-4-3-5-22(25)29(38)39)27-33-26(24(16-31)28(37)36(27)17-18)35-13-11-34(12-14-35)21-9-7-20(30)8-10-21/h3-10,15,17,19,32H,11-14H2,1-2H3,(H,38,39). The van der Waals surface area contributed by atoms with Gasteiger partial charge in [0.2, 0.25) is 0 Å². The number of nitrogens with one attached hydrogen (secondary N) is 1. The van der Waals surface area contributed by atoms with Crippen LogP contribution in [0.2, 0.25) is 0 Å². The summed E-state index contributed by atoms with van der Waals surface area (Å²) in [5, 5.41) is 22.8. The fourth-order valence-electron chi connectivity index (χ4n) is 4.98. The van der Waals surface area contributed by atoms with Crippen LogP contribution in [0.25, 0.3) is 5.65 Å². The molecule has 1 aliphatic heterocycles. The monoisotopic (exact) mass is 526 g/mol. The van der Waals surface area contributed by atoms with Gasteiger partial charge in [0.1, 0.15) is 17.5 Å². The van der Waals surface area contributed by atoms with Crippen molar-refractivity contribution in [2.45, 2.75) is 19.9 Å². The van der Waals surface area contributed by atoms with E-state index in [-0.39, 0.29) is 16.9 Å². The lowest BCUT2D eigenvalue weighted by molar-refractivity contribution is 0.0698. The zero-order chi connectivity index (χ0) is 27.7. The maximum atomic E-state index is 13.5. The van der Waals surface area contributed by atoms with Gasteiger partial charge in [-0.25, -0.2) is 14.2 Å². The summed E-state index contributed by atoms with van der Waals surface area (Å²) in [6.45, 7) is 6.00. The van der Waals surface area contributed by atoms with Crippen LogP contribution < -0.4 is 20.7 Å². The summed E-state index contributed by atoms with van der Waals surface area (Å²) in [4.78, 5) is 34.1. The molecule has 3 heterocycles. The van der Waals surface area contributed by atoms with E-state index in [2.05, 4.69) is 16.3 Å². The number of piperazine rings is 1. The van der Waals surface area contributed by atoms with Crippen LogP contribution in [0.4, 0.5) is 21.6 Å². The molecule has 0 bridgehead atoms. The molecule has 10 heteroatoms. The van der Waals surface area contributed by atoms with Crippen LogP contribution in [-0.2, 0) is 0 Å². The van der Waals surface area contributed by atoms with Crippen LogP contribution >= 0.6 is 0 Å². The van der Waals surface area contributed by atoms with Crippen LogP contribution in [-0.4, -0.2) is 46.6 Å². The molecule has 1 aliphatic rings. The van der Waals surface area contributed by atoms with Crippen LogP contribution in [0.1, 0.15) is 40.0 Å². The van der Waals surface area contributed by atoms with E-state index in [1.807, 2.05) is 24.8 Å². The summed E-state index contributed by atoms with van der Waals surface area (Å²) in [6.07, 6.45) is 1.66. The van der Waals surface area contributed by atoms with Gasteiger partial charge in [-0.05, 0) is 61.9 Å². The summed E-state index contributed by atoms with van der Waals surface area (Å²) in [5.74, 6) is -1.02. The minimum Gasteiger partial charge on any atom is -0.478 e. The first-order valence-corrected chi connectivity index (χ1v) is 12.6. The Morgan fingerprint density at radius 3 is 2.44 bits per heavy atom. The molecule has 1 unspecified atom stereocenters. The molecule has 0 spiro atoms. The van der Waals surface area contributed by atoms with Crippen molar-refractivity contribution in [3.8, 4) is 6.07 Å². The largest absolute Gasteiger partial charge is 0.478 e. The fourth-order valence-corrected chi connectivity index (χ4v) is 4.98. The SMILES string of the molecule is Cc1cc(C(C)Nc2ccccc2C(=O)O)c2nc(N3CCN(c4ccc(F)cc4)CC3)c(C#N)c(=O)n2c1. The number of pyridine rings is 1. The third kappa shape index (κ3) is 4.99. The lowest BCUT2D eigenvalue weighted by Gasteiger charge is -2.37. The van der Waals surface area contributed by atoms with Gasteiger partial charge in [-0.1, -0.05) is 12.1 Å². The average molecular weight is 527 g/mol. The summed E-state index contributed by atoms with van der Waals surface area (Å²) in [6, 6.07) is 16.5. The summed E-state index contributed by atoms with van der Waals surface area (Å²) < 4.78 is 14.7. The number of aryl methyl sites for hydroxylation is 1. The molecule has 39 heavy (non-hydrogen) atoms. The topological polar surface area (TPSA) is 114 Å². The van der Waals surface area contributed by atoms with E-state index < -0.39 is 17.6 Å². The number of aromatic carboxylic acids is 1. The highest BCUT2D eigenvalue weighted by molar-refractivity contribution is 5.94. The van der Waals surface area contributed by atoms with E-state index in [4.69, 9.17) is 4.98 Å². The molecular formula is C29H27FN6O3. The number of nitrogens with zero attached hydrogens (tertiary/aromatic N) is 5. The number of aromatic nitrogens is 2. The molecule has 1 fully saturated rings. The molecular weight excluding hydrogens is 499 g/mol. The number of carbonyl (C=O) groups is 1. The van der Waals surface area contributed by atoms with Crippen LogP contribution in [0.15, 0.2) is 65.6 Å². The Labute approximate surface area is 224 Å². The molecule has 1 saturated heterocycles. The molecule has 0 aliphatic carbocycles. The molecule has 2 N–H and O–H groups in total. The van der Waals surface area contributed by atoms with Gasteiger partial charge in [0.15, 0.2) is 11.4 Å². The number of para-hydroxylation sites is 1. The van der Waals surface area contributed by atoms with Gasteiger partial charge >= 0.3 is 5.97 Å². The Kier molecular flexibility index (Phi) is 6.90. The Bertz CT molecular complexity index is 1650. The molecule has 4 aromatic rings. The van der Waals surface area contributed by atoms with Crippen molar-refractivity contribution < 1.29 is 14.3 Å². The number of nitriles is 1. The van der Waals surface area contributed by atoms with Crippen LogP contribution in [0, 0.1) is 24.1 Å². The third-order valence-corrected chi connectivity index (χ3v) is 6.95. The summed E-state index contributed by atoms with van der Waals surface area (Å²) in [5.41, 5.74) is 2.89. The highest BCUT2D eigenvalue weighted by atomic mass is 19.1. The Morgan fingerprint density at radius 2 is 1.77 bits per heavy atom. The van der Waals surface area contributed by atoms with E-state index >= 15 is 0 Å². The second-order valence-electron chi connectivity index (χ2n) is 9.56. The number of halogens is 1. The second kappa shape index (κ2) is 10.5. The minimum atomic E-state index is -1.05. The summed E-state index contributed by atoms with van der Waals surface area (Å²) in [7, 11) is 0. The molecule has 0 radical (unpaired) electrons. The van der Waals surface area contributed by atoms with Crippen molar-refractivity contribution in [1.29, 1.82) is 5.26 Å². The fraction of sp³-hybridized carbons (Fsp3) is 0.241. The first-order chi connectivity index (χ1) is 18.8. The Morgan fingerprint density at radius 1 is 1.10 bits per heavy atom. The number of fused-ring (bicyclic) bond motifs is 1. The maximum absolute atomic E-state index is 13.5. The van der Waals surface area contributed by atoms with E-state index in [1.54, 1.807) is 36.5 Å². The van der Waals surface area contributed by atoms with E-state index in [1.165, 1.54) is 22.6 Å². The normalized spacial score (nSPS) is 14.2. The first-order valence-electron chi connectivity index (χ1n) is 12.6. The number of carboxylic acids is 1. The van der Waals surface area contributed by atoms with E-state index in [9.17, 15) is 24.3 Å². The molecule has 198 valence electrons. The number of anilines is 3. The highest BCUT2D eigenvalue weighted by Crippen LogP contribution is 2.28. The van der Waals surface area contributed by atoms with Crippen molar-refractivity contribution in [2.24, 2.45) is 0 Å². The van der Waals surface area contributed by atoms with Crippen molar-refractivity contribution in [1.82, 2.24) is 9.38 Å². The van der Waals surface area contributed by atoms with Crippen molar-refractivity contribution in [3.63, 3.8) is 0 Å². The van der Waals surface area contributed by atoms with Crippen molar-refractivity contribution >= 4 is 28.8 Å². The number of rotatable bonds is 6. The van der Waals surface area contributed by atoms with Gasteiger partial charge in [0, 0.05) is 49.3 Å². The molecule has 0 amide bonds. The quantitative estimate of drug-likeness (QED) is 0.384. The highest BCUT2D eigenvalue weighted by Gasteiger charge is 2.25. The molecule has 2 aromatic heterocycles. The maximum Gasteiger partial charge on any atom is 0.337 e. The van der Waals surface area contributed by atoms with Crippen LogP contribution in [0.3, 0.4) is 0 Å². The predicted molar refractivity (Wildman–Crippen MR) is 147 cm³/mol. The molecule has 2 aromatic carbocycles. The average Bonchev–Trinajstić information content (AvgIpc) is 2.93. The van der Waals surface area contributed by atoms with Gasteiger partial charge in [0.05, 0.1) is 11.6 Å². The molecule has 5 rings (SSSR count). The Hall–Kier alpha value is -4.91. The zero-order valence-corrected chi connectivity index (χ0v) is 21.6. The molecule has 9 nitrogen and oxygen atoms in total. The van der Waals surface area contributed by atoms with Crippen LogP contribution in [0.5, 0.6) is 0 Å². The van der Waals surface area contributed by atoms with Gasteiger partial charge in [-0.15, -0.1) is 0 Å². The third-order valence-electron chi connectivity index (χ3n) is 6.95. The van der Waals surface area contributed by atoms with Gasteiger partial charge in [0.25, 0.3) is 5.56 Å². The minimum absolute atomic E-state index is 0.0314. The molecule has 0 saturated carbocycles. The summed E-state index contributed by atoms with van der Waals surface area (Å²) >= 11 is 0. The predicted octanol–water partition coefficient (Wildman–Crippen LogP) is 4.21. The smallest absolute Gasteiger partial charge is 0.337 e. The van der Waals surface area contributed by atoms with Crippen molar-refractivity contribution in [2.75, 3.05) is 41.3 Å². The zero-order valence-electron chi connectivity index (χ0n) is 21.6. The van der Waals surface area contributed by atoms with Crippen molar-refractivity contribution in [3.05, 3.63) is 99.2 Å². The molecule has 1 atom stereocenters. The van der Waals surface area contributed by atoms with Gasteiger partial charge in [-0.3, -0.25) is 9.20 Å². The van der Waals surface area contributed by atoms with E-state index in [0.29, 0.717) is 48.9 Å². The number of carboxylic acid groups (broad SMARTS) is 1. The van der Waals surface area contributed by atoms with E-state index in [0.717, 1.165) is 11.3 Å². The Balaban J connectivity index is 1.52. The van der Waals surface area contributed by atoms with Gasteiger partial charge < -0.3 is 20.2 Å². The number of hydrogen-bond acceptors (Lipinski definition) is 7. The lowest BCUT2D eigenvalue weighted by atomic mass is 10.1. The van der Waals surface area contributed by atoms with Gasteiger partial charge in [-0.2, -0.15) is 5.26 Å².